The second-order valence-electron chi connectivity index (χ2n) is 4.83. The van der Waals surface area contributed by atoms with Gasteiger partial charge in [-0.25, -0.2) is 8.78 Å². The highest BCUT2D eigenvalue weighted by atomic mass is 19.3. The van der Waals surface area contributed by atoms with Crippen LogP contribution in [0.1, 0.15) is 44.9 Å². The van der Waals surface area contributed by atoms with Gasteiger partial charge in [0.15, 0.2) is 0 Å². The van der Waals surface area contributed by atoms with Crippen molar-refractivity contribution in [2.24, 2.45) is 5.92 Å². The first-order valence-electron chi connectivity index (χ1n) is 6.29. The summed E-state index contributed by atoms with van der Waals surface area (Å²) in [5, 5.41) is 10.5. The molecule has 0 atom stereocenters. The number of nitrogens with one attached hydrogen (secondary N) is 1. The summed E-state index contributed by atoms with van der Waals surface area (Å²) in [6, 6.07) is 0. The first-order valence-corrected chi connectivity index (χ1v) is 6.29. The van der Waals surface area contributed by atoms with Crippen LogP contribution in [0.15, 0.2) is 0 Å². The van der Waals surface area contributed by atoms with Crippen molar-refractivity contribution in [1.29, 1.82) is 0 Å². The van der Waals surface area contributed by atoms with Gasteiger partial charge in [-0.1, -0.05) is 32.1 Å². The summed E-state index contributed by atoms with van der Waals surface area (Å²) in [5.74, 6) is -2.97. The minimum atomic E-state index is -3.21. The number of amides is 1. The largest absolute Gasteiger partial charge is 0.390 e. The van der Waals surface area contributed by atoms with Crippen molar-refractivity contribution < 1.29 is 18.7 Å². The number of rotatable bonds is 6. The molecule has 0 heterocycles. The second-order valence-corrected chi connectivity index (χ2v) is 4.83. The maximum Gasteiger partial charge on any atom is 0.287 e. The third-order valence-corrected chi connectivity index (χ3v) is 3.28. The number of aliphatic hydroxyl groups is 1. The van der Waals surface area contributed by atoms with E-state index in [1.165, 1.54) is 19.3 Å². The van der Waals surface area contributed by atoms with E-state index in [0.717, 1.165) is 19.3 Å². The molecule has 17 heavy (non-hydrogen) atoms. The molecule has 1 fully saturated rings. The van der Waals surface area contributed by atoms with Crippen molar-refractivity contribution in [1.82, 2.24) is 5.32 Å². The molecule has 1 aliphatic carbocycles. The van der Waals surface area contributed by atoms with Gasteiger partial charge in [-0.05, 0) is 12.3 Å². The molecule has 1 rings (SSSR count). The van der Waals surface area contributed by atoms with E-state index in [9.17, 15) is 13.6 Å². The van der Waals surface area contributed by atoms with Crippen LogP contribution >= 0.6 is 0 Å². The quantitative estimate of drug-likeness (QED) is 0.757. The molecular weight excluding hydrogens is 228 g/mol. The Morgan fingerprint density at radius 1 is 1.29 bits per heavy atom. The topological polar surface area (TPSA) is 49.3 Å². The van der Waals surface area contributed by atoms with Gasteiger partial charge < -0.3 is 10.4 Å². The number of alkyl halides is 2. The fraction of sp³-hybridized carbons (Fsp3) is 0.917. The first kappa shape index (κ1) is 14.4. The molecule has 1 aliphatic rings. The van der Waals surface area contributed by atoms with Gasteiger partial charge in [0.25, 0.3) is 5.92 Å². The van der Waals surface area contributed by atoms with Crippen LogP contribution in [0.4, 0.5) is 8.78 Å². The lowest BCUT2D eigenvalue weighted by atomic mass is 9.86. The van der Waals surface area contributed by atoms with Crippen LogP contribution in [0.3, 0.4) is 0 Å². The second kappa shape index (κ2) is 6.89. The molecule has 0 aliphatic heterocycles. The number of carbonyl (C=O) groups excluding carboxylic acids is 1. The monoisotopic (exact) mass is 249 g/mol. The molecule has 5 heteroatoms. The Kier molecular flexibility index (Phi) is 5.82. The molecule has 0 saturated heterocycles. The molecule has 2 N–H and O–H groups in total. The van der Waals surface area contributed by atoms with Gasteiger partial charge in [0.2, 0.25) is 5.91 Å². The molecule has 1 saturated carbocycles. The third-order valence-electron chi connectivity index (χ3n) is 3.28. The Morgan fingerprint density at radius 2 is 1.94 bits per heavy atom. The van der Waals surface area contributed by atoms with Crippen molar-refractivity contribution in [3.8, 4) is 0 Å². The fourth-order valence-corrected chi connectivity index (χ4v) is 2.18. The lowest BCUT2D eigenvalue weighted by Gasteiger charge is -2.21. The SMILES string of the molecule is O=C(CCC1CCCCC1)NCC(F)(F)CO. The van der Waals surface area contributed by atoms with Crippen LogP contribution in [0.2, 0.25) is 0 Å². The third kappa shape index (κ3) is 5.96. The maximum absolute atomic E-state index is 12.6. The van der Waals surface area contributed by atoms with Crippen LogP contribution in [-0.4, -0.2) is 30.1 Å². The van der Waals surface area contributed by atoms with Crippen LogP contribution in [0.25, 0.3) is 0 Å². The van der Waals surface area contributed by atoms with E-state index < -0.39 is 19.1 Å². The molecule has 0 aromatic carbocycles. The Morgan fingerprint density at radius 3 is 2.53 bits per heavy atom. The highest BCUT2D eigenvalue weighted by Crippen LogP contribution is 2.27. The lowest BCUT2D eigenvalue weighted by Crippen LogP contribution is -2.39. The Hall–Kier alpha value is -0.710. The molecule has 0 unspecified atom stereocenters. The van der Waals surface area contributed by atoms with Crippen LogP contribution in [0.5, 0.6) is 0 Å². The summed E-state index contributed by atoms with van der Waals surface area (Å²) in [5.41, 5.74) is 0. The zero-order chi connectivity index (χ0) is 12.7. The maximum atomic E-state index is 12.6. The van der Waals surface area contributed by atoms with Gasteiger partial charge in [0.1, 0.15) is 6.61 Å². The normalized spacial score (nSPS) is 18.1. The van der Waals surface area contributed by atoms with Gasteiger partial charge in [-0.3, -0.25) is 4.79 Å². The number of hydrogen-bond donors (Lipinski definition) is 2. The van der Waals surface area contributed by atoms with Gasteiger partial charge in [-0.2, -0.15) is 0 Å². The van der Waals surface area contributed by atoms with Gasteiger partial charge in [0, 0.05) is 6.42 Å². The molecular formula is C12H21F2NO2. The van der Waals surface area contributed by atoms with Gasteiger partial charge in [-0.15, -0.1) is 0 Å². The number of carbonyl (C=O) groups is 1. The molecule has 0 aromatic rings. The molecule has 3 nitrogen and oxygen atoms in total. The molecule has 0 bridgehead atoms. The van der Waals surface area contributed by atoms with Crippen LogP contribution in [-0.2, 0) is 4.79 Å². The summed E-state index contributed by atoms with van der Waals surface area (Å²) >= 11 is 0. The van der Waals surface area contributed by atoms with E-state index in [-0.39, 0.29) is 5.91 Å². The van der Waals surface area contributed by atoms with Crippen molar-refractivity contribution in [2.75, 3.05) is 13.2 Å². The molecule has 0 aromatic heterocycles. The van der Waals surface area contributed by atoms with E-state index in [1.807, 2.05) is 0 Å². The van der Waals surface area contributed by atoms with Crippen molar-refractivity contribution in [3.63, 3.8) is 0 Å². The van der Waals surface area contributed by atoms with E-state index in [2.05, 4.69) is 5.32 Å². The summed E-state index contributed by atoms with van der Waals surface area (Å²) in [7, 11) is 0. The molecule has 0 spiro atoms. The Balaban J connectivity index is 2.12. The predicted molar refractivity (Wildman–Crippen MR) is 60.9 cm³/mol. The summed E-state index contributed by atoms with van der Waals surface area (Å²) in [6.45, 7) is -2.00. The summed E-state index contributed by atoms with van der Waals surface area (Å²) < 4.78 is 25.3. The number of hydrogen-bond acceptors (Lipinski definition) is 2. The van der Waals surface area contributed by atoms with E-state index in [4.69, 9.17) is 5.11 Å². The molecule has 0 radical (unpaired) electrons. The van der Waals surface area contributed by atoms with Crippen LogP contribution in [0, 0.1) is 5.92 Å². The minimum Gasteiger partial charge on any atom is -0.390 e. The highest BCUT2D eigenvalue weighted by molar-refractivity contribution is 5.75. The standard InChI is InChI=1S/C12H21F2NO2/c13-12(14,9-16)8-15-11(17)7-6-10-4-2-1-3-5-10/h10,16H,1-9H2,(H,15,17). The average molecular weight is 249 g/mol. The lowest BCUT2D eigenvalue weighted by molar-refractivity contribution is -0.124. The molecule has 1 amide bonds. The van der Waals surface area contributed by atoms with Crippen molar-refractivity contribution in [3.05, 3.63) is 0 Å². The smallest absolute Gasteiger partial charge is 0.287 e. The van der Waals surface area contributed by atoms with Gasteiger partial charge >= 0.3 is 0 Å². The van der Waals surface area contributed by atoms with E-state index >= 15 is 0 Å². The first-order chi connectivity index (χ1) is 8.03. The summed E-state index contributed by atoms with van der Waals surface area (Å²) in [6.07, 6.45) is 7.11. The summed E-state index contributed by atoms with van der Waals surface area (Å²) in [4.78, 5) is 11.3. The number of halogens is 2. The van der Waals surface area contributed by atoms with E-state index in [0.29, 0.717) is 12.3 Å². The Bertz CT molecular complexity index is 241. The van der Waals surface area contributed by atoms with Crippen molar-refractivity contribution in [2.45, 2.75) is 50.9 Å². The van der Waals surface area contributed by atoms with E-state index in [1.54, 1.807) is 0 Å². The van der Waals surface area contributed by atoms with Crippen molar-refractivity contribution >= 4 is 5.91 Å². The van der Waals surface area contributed by atoms with Crippen LogP contribution < -0.4 is 5.32 Å². The average Bonchev–Trinajstić information content (AvgIpc) is 2.35. The minimum absolute atomic E-state index is 0.312. The Labute approximate surface area is 101 Å². The molecule has 100 valence electrons. The fourth-order valence-electron chi connectivity index (χ4n) is 2.18. The highest BCUT2D eigenvalue weighted by Gasteiger charge is 2.28. The van der Waals surface area contributed by atoms with Gasteiger partial charge in [0.05, 0.1) is 6.54 Å². The number of aliphatic hydroxyl groups excluding tert-OH is 1. The zero-order valence-corrected chi connectivity index (χ0v) is 10.1. The zero-order valence-electron chi connectivity index (χ0n) is 10.1. The predicted octanol–water partition coefficient (Wildman–Crippen LogP) is 2.09.